The summed E-state index contributed by atoms with van der Waals surface area (Å²) in [6.45, 7) is 4.33. The fourth-order valence-electron chi connectivity index (χ4n) is 2.83. The van der Waals surface area contributed by atoms with E-state index in [1.54, 1.807) is 12.4 Å². The van der Waals surface area contributed by atoms with Crippen molar-refractivity contribution in [3.63, 3.8) is 0 Å². The van der Waals surface area contributed by atoms with Gasteiger partial charge in [-0.05, 0) is 49.7 Å². The van der Waals surface area contributed by atoms with E-state index in [4.69, 9.17) is 27.5 Å². The van der Waals surface area contributed by atoms with E-state index in [2.05, 4.69) is 21.2 Å². The number of halogens is 1. The summed E-state index contributed by atoms with van der Waals surface area (Å²) in [6.07, 6.45) is 8.89. The van der Waals surface area contributed by atoms with Crippen molar-refractivity contribution in [1.82, 2.24) is 9.97 Å². The van der Waals surface area contributed by atoms with Gasteiger partial charge in [0.1, 0.15) is 17.6 Å². The first-order valence-corrected chi connectivity index (χ1v) is 9.38. The normalized spacial score (nSPS) is 12.8. The molecule has 0 aliphatic heterocycles. The maximum atomic E-state index is 6.13. The number of terminal acetylenes is 1. The average molecular weight is 396 g/mol. The molecule has 2 N–H and O–H groups in total. The SMILES string of the molecule is C#CC(Nc1cc(-c2ncc[nH]2)ccc1OC(C)OCC)c1cccc(Cl)c1. The number of ether oxygens (including phenoxy) is 2. The molecule has 0 bridgehead atoms. The number of hydrogen-bond acceptors (Lipinski definition) is 4. The molecular formula is C22H22ClN3O2. The van der Waals surface area contributed by atoms with E-state index in [1.807, 2.05) is 56.3 Å². The highest BCUT2D eigenvalue weighted by atomic mass is 35.5. The maximum absolute atomic E-state index is 6.13. The number of nitrogens with zero attached hydrogens (tertiary/aromatic N) is 1. The number of benzene rings is 2. The molecule has 2 atom stereocenters. The van der Waals surface area contributed by atoms with Gasteiger partial charge in [0.2, 0.25) is 0 Å². The highest BCUT2D eigenvalue weighted by Crippen LogP contribution is 2.33. The molecule has 0 aliphatic carbocycles. The van der Waals surface area contributed by atoms with Gasteiger partial charge in [-0.25, -0.2) is 4.98 Å². The van der Waals surface area contributed by atoms with Crippen LogP contribution >= 0.6 is 11.6 Å². The Kier molecular flexibility index (Phi) is 6.59. The number of imidazole rings is 1. The topological polar surface area (TPSA) is 59.2 Å². The van der Waals surface area contributed by atoms with Crippen LogP contribution in [0.25, 0.3) is 11.4 Å². The summed E-state index contributed by atoms with van der Waals surface area (Å²) in [6, 6.07) is 12.8. The van der Waals surface area contributed by atoms with Crippen molar-refractivity contribution in [2.24, 2.45) is 0 Å². The van der Waals surface area contributed by atoms with Crippen LogP contribution < -0.4 is 10.1 Å². The lowest BCUT2D eigenvalue weighted by Gasteiger charge is -2.21. The van der Waals surface area contributed by atoms with Crippen molar-refractivity contribution in [2.75, 3.05) is 11.9 Å². The smallest absolute Gasteiger partial charge is 0.197 e. The zero-order valence-corrected chi connectivity index (χ0v) is 16.5. The second kappa shape index (κ2) is 9.32. The Balaban J connectivity index is 1.95. The van der Waals surface area contributed by atoms with Gasteiger partial charge >= 0.3 is 0 Å². The number of aromatic nitrogens is 2. The largest absolute Gasteiger partial charge is 0.463 e. The molecule has 2 unspecified atom stereocenters. The minimum atomic E-state index is -0.393. The lowest BCUT2D eigenvalue weighted by molar-refractivity contribution is -0.0609. The number of nitrogens with one attached hydrogen (secondary N) is 2. The van der Waals surface area contributed by atoms with Crippen molar-refractivity contribution in [2.45, 2.75) is 26.2 Å². The molecule has 0 amide bonds. The van der Waals surface area contributed by atoms with Crippen molar-refractivity contribution >= 4 is 17.3 Å². The van der Waals surface area contributed by atoms with Crippen LogP contribution in [0.15, 0.2) is 54.9 Å². The molecule has 0 radical (unpaired) electrons. The third kappa shape index (κ3) is 4.86. The second-order valence-corrected chi connectivity index (χ2v) is 6.53. The molecule has 144 valence electrons. The van der Waals surface area contributed by atoms with E-state index in [0.29, 0.717) is 17.4 Å². The summed E-state index contributed by atoms with van der Waals surface area (Å²) in [5, 5.41) is 4.00. The number of anilines is 1. The van der Waals surface area contributed by atoms with E-state index >= 15 is 0 Å². The van der Waals surface area contributed by atoms with Crippen molar-refractivity contribution in [1.29, 1.82) is 0 Å². The van der Waals surface area contributed by atoms with Crippen LogP contribution in [0, 0.1) is 12.3 Å². The summed E-state index contributed by atoms with van der Waals surface area (Å²) in [4.78, 5) is 7.42. The van der Waals surface area contributed by atoms with Crippen molar-refractivity contribution < 1.29 is 9.47 Å². The number of hydrogen-bond donors (Lipinski definition) is 2. The number of H-pyrrole nitrogens is 1. The third-order valence-corrected chi connectivity index (χ3v) is 4.33. The van der Waals surface area contributed by atoms with Gasteiger partial charge in [0.05, 0.1) is 5.69 Å². The molecule has 5 nitrogen and oxygen atoms in total. The van der Waals surface area contributed by atoms with Gasteiger partial charge in [-0.2, -0.15) is 0 Å². The van der Waals surface area contributed by atoms with Crippen LogP contribution in [0.3, 0.4) is 0 Å². The lowest BCUT2D eigenvalue weighted by Crippen LogP contribution is -2.17. The molecule has 0 fully saturated rings. The third-order valence-electron chi connectivity index (χ3n) is 4.09. The lowest BCUT2D eigenvalue weighted by atomic mass is 10.1. The first-order chi connectivity index (χ1) is 13.6. The predicted molar refractivity (Wildman–Crippen MR) is 112 cm³/mol. The Labute approximate surface area is 170 Å². The van der Waals surface area contributed by atoms with Crippen molar-refractivity contribution in [3.8, 4) is 29.5 Å². The van der Waals surface area contributed by atoms with Gasteiger partial charge in [0, 0.05) is 29.6 Å². The summed E-state index contributed by atoms with van der Waals surface area (Å²) in [7, 11) is 0. The summed E-state index contributed by atoms with van der Waals surface area (Å²) < 4.78 is 11.5. The summed E-state index contributed by atoms with van der Waals surface area (Å²) in [5.41, 5.74) is 2.54. The minimum absolute atomic E-state index is 0.379. The Morgan fingerprint density at radius 1 is 1.29 bits per heavy atom. The molecule has 28 heavy (non-hydrogen) atoms. The molecule has 3 aromatic rings. The molecule has 0 saturated heterocycles. The second-order valence-electron chi connectivity index (χ2n) is 6.09. The predicted octanol–water partition coefficient (Wildman–Crippen LogP) is 5.28. The van der Waals surface area contributed by atoms with Gasteiger partial charge in [-0.15, -0.1) is 6.42 Å². The minimum Gasteiger partial charge on any atom is -0.463 e. The van der Waals surface area contributed by atoms with Crippen LogP contribution in [-0.4, -0.2) is 22.9 Å². The highest BCUT2D eigenvalue weighted by Gasteiger charge is 2.15. The first kappa shape index (κ1) is 19.8. The van der Waals surface area contributed by atoms with Crippen LogP contribution in [-0.2, 0) is 4.74 Å². The Morgan fingerprint density at radius 3 is 2.82 bits per heavy atom. The van der Waals surface area contributed by atoms with Crippen LogP contribution in [0.2, 0.25) is 5.02 Å². The van der Waals surface area contributed by atoms with E-state index in [-0.39, 0.29) is 6.04 Å². The number of rotatable bonds is 8. The van der Waals surface area contributed by atoms with E-state index in [0.717, 1.165) is 22.6 Å². The van der Waals surface area contributed by atoms with Gasteiger partial charge in [-0.3, -0.25) is 0 Å². The van der Waals surface area contributed by atoms with Gasteiger partial charge < -0.3 is 19.8 Å². The maximum Gasteiger partial charge on any atom is 0.197 e. The van der Waals surface area contributed by atoms with Gasteiger partial charge in [0.15, 0.2) is 6.29 Å². The van der Waals surface area contributed by atoms with Gasteiger partial charge in [0.25, 0.3) is 0 Å². The van der Waals surface area contributed by atoms with Crippen LogP contribution in [0.1, 0.15) is 25.5 Å². The van der Waals surface area contributed by atoms with E-state index in [1.165, 1.54) is 0 Å². The molecule has 0 aliphatic rings. The summed E-state index contributed by atoms with van der Waals surface area (Å²) >= 11 is 6.13. The van der Waals surface area contributed by atoms with E-state index < -0.39 is 6.29 Å². The Morgan fingerprint density at radius 2 is 2.14 bits per heavy atom. The van der Waals surface area contributed by atoms with E-state index in [9.17, 15) is 0 Å². The monoisotopic (exact) mass is 395 g/mol. The van der Waals surface area contributed by atoms with Gasteiger partial charge in [-0.1, -0.05) is 29.7 Å². The zero-order valence-electron chi connectivity index (χ0n) is 15.8. The standard InChI is InChI=1S/C22H22ClN3O2/c1-4-19(16-7-6-8-18(23)13-16)26-20-14-17(22-24-11-12-25-22)9-10-21(20)28-15(3)27-5-2/h1,6-15,19,26H,5H2,2-3H3,(H,24,25). The fourth-order valence-corrected chi connectivity index (χ4v) is 3.03. The molecule has 6 heteroatoms. The molecule has 1 heterocycles. The molecule has 1 aromatic heterocycles. The summed E-state index contributed by atoms with van der Waals surface area (Å²) in [5.74, 6) is 4.17. The molecule has 0 saturated carbocycles. The fraction of sp³-hybridized carbons (Fsp3) is 0.227. The quantitative estimate of drug-likeness (QED) is 0.402. The van der Waals surface area contributed by atoms with Crippen LogP contribution in [0.5, 0.6) is 5.75 Å². The van der Waals surface area contributed by atoms with Crippen molar-refractivity contribution in [3.05, 3.63) is 65.4 Å². The Hall–Kier alpha value is -2.94. The first-order valence-electron chi connectivity index (χ1n) is 9.01. The Bertz CT molecular complexity index is 951. The molecule has 2 aromatic carbocycles. The zero-order chi connectivity index (χ0) is 19.9. The number of aromatic amines is 1. The van der Waals surface area contributed by atoms with Crippen LogP contribution in [0.4, 0.5) is 5.69 Å². The molecule has 3 rings (SSSR count). The molecule has 0 spiro atoms. The molecular weight excluding hydrogens is 374 g/mol. The average Bonchev–Trinajstić information content (AvgIpc) is 3.22. The highest BCUT2D eigenvalue weighted by molar-refractivity contribution is 6.30.